The van der Waals surface area contributed by atoms with Crippen molar-refractivity contribution in [2.75, 3.05) is 5.43 Å². The zero-order valence-electron chi connectivity index (χ0n) is 8.40. The van der Waals surface area contributed by atoms with Crippen LogP contribution in [0.1, 0.15) is 13.8 Å². The highest BCUT2D eigenvalue weighted by Crippen LogP contribution is 2.00. The molecule has 0 spiro atoms. The third-order valence-corrected chi connectivity index (χ3v) is 1.43. The van der Waals surface area contributed by atoms with Crippen LogP contribution in [-0.2, 0) is 4.79 Å². The Morgan fingerprint density at radius 1 is 1.36 bits per heavy atom. The Balaban J connectivity index is 0.000000255. The van der Waals surface area contributed by atoms with Gasteiger partial charge in [0.15, 0.2) is 0 Å². The summed E-state index contributed by atoms with van der Waals surface area (Å²) in [7, 11) is 0. The second-order valence-corrected chi connectivity index (χ2v) is 3.00. The number of carboxylic acid groups (broad SMARTS) is 1. The van der Waals surface area contributed by atoms with Crippen LogP contribution in [0.4, 0.5) is 5.69 Å². The summed E-state index contributed by atoms with van der Waals surface area (Å²) in [6, 6.07) is 9.60. The first-order valence-corrected chi connectivity index (χ1v) is 4.32. The Kier molecular flexibility index (Phi) is 6.15. The van der Waals surface area contributed by atoms with Crippen LogP contribution in [0, 0.1) is 5.92 Å². The van der Waals surface area contributed by atoms with Gasteiger partial charge in [-0.3, -0.25) is 10.6 Å². The Morgan fingerprint density at radius 2 is 1.79 bits per heavy atom. The van der Waals surface area contributed by atoms with E-state index in [0.29, 0.717) is 0 Å². The van der Waals surface area contributed by atoms with E-state index in [-0.39, 0.29) is 5.92 Å². The van der Waals surface area contributed by atoms with Crippen LogP contribution in [0.5, 0.6) is 0 Å². The predicted molar refractivity (Wildman–Crippen MR) is 56.7 cm³/mol. The van der Waals surface area contributed by atoms with Gasteiger partial charge in [0.1, 0.15) is 0 Å². The van der Waals surface area contributed by atoms with Gasteiger partial charge in [-0.2, -0.15) is 0 Å². The summed E-state index contributed by atoms with van der Waals surface area (Å²) in [5.74, 6) is 4.13. The summed E-state index contributed by atoms with van der Waals surface area (Å²) in [4.78, 5) is 9.70. The summed E-state index contributed by atoms with van der Waals surface area (Å²) in [6.45, 7) is 3.28. The molecule has 0 radical (unpaired) electrons. The average Bonchev–Trinajstić information content (AvgIpc) is 2.20. The first kappa shape index (κ1) is 12.4. The molecule has 0 unspecified atom stereocenters. The lowest BCUT2D eigenvalue weighted by atomic mass is 10.2. The van der Waals surface area contributed by atoms with Crippen LogP contribution >= 0.6 is 0 Å². The van der Waals surface area contributed by atoms with Crippen LogP contribution in [0.2, 0.25) is 0 Å². The Bertz CT molecular complexity index is 260. The molecule has 0 aliphatic heterocycles. The monoisotopic (exact) mass is 196 g/mol. The van der Waals surface area contributed by atoms with E-state index in [1.165, 1.54) is 0 Å². The maximum atomic E-state index is 9.70. The summed E-state index contributed by atoms with van der Waals surface area (Å²) < 4.78 is 0. The van der Waals surface area contributed by atoms with E-state index in [4.69, 9.17) is 10.9 Å². The quantitative estimate of drug-likeness (QED) is 0.497. The van der Waals surface area contributed by atoms with Gasteiger partial charge < -0.3 is 10.5 Å². The number of nitrogen functional groups attached to an aromatic ring is 1. The number of rotatable bonds is 2. The van der Waals surface area contributed by atoms with Gasteiger partial charge in [-0.15, -0.1) is 0 Å². The highest BCUT2D eigenvalue weighted by atomic mass is 16.4. The first-order chi connectivity index (χ1) is 6.57. The average molecular weight is 196 g/mol. The first-order valence-electron chi connectivity index (χ1n) is 4.32. The molecule has 0 bridgehead atoms. The van der Waals surface area contributed by atoms with Gasteiger partial charge in [0.25, 0.3) is 0 Å². The van der Waals surface area contributed by atoms with Crippen molar-refractivity contribution in [3.63, 3.8) is 0 Å². The standard InChI is InChI=1S/C6H8N2.C4H8O2/c7-8-6-4-2-1-3-5-6;1-3(2)4(5)6/h1-5,8H,7H2;3H,1-2H3,(H,5,6). The summed E-state index contributed by atoms with van der Waals surface area (Å²) in [5, 5.41) is 7.99. The van der Waals surface area contributed by atoms with Crippen molar-refractivity contribution in [1.29, 1.82) is 0 Å². The van der Waals surface area contributed by atoms with E-state index >= 15 is 0 Å². The van der Waals surface area contributed by atoms with E-state index in [1.807, 2.05) is 30.3 Å². The predicted octanol–water partition coefficient (Wildman–Crippen LogP) is 1.70. The van der Waals surface area contributed by atoms with Crippen molar-refractivity contribution >= 4 is 11.7 Å². The summed E-state index contributed by atoms with van der Waals surface area (Å²) in [5.41, 5.74) is 3.46. The molecule has 0 amide bonds. The third kappa shape index (κ3) is 6.02. The molecule has 78 valence electrons. The Labute approximate surface area is 83.7 Å². The van der Waals surface area contributed by atoms with Crippen molar-refractivity contribution < 1.29 is 9.90 Å². The number of para-hydroxylation sites is 1. The number of nitrogens with one attached hydrogen (secondary N) is 1. The molecule has 14 heavy (non-hydrogen) atoms. The third-order valence-electron chi connectivity index (χ3n) is 1.43. The zero-order valence-corrected chi connectivity index (χ0v) is 8.40. The smallest absolute Gasteiger partial charge is 0.305 e. The highest BCUT2D eigenvalue weighted by molar-refractivity contribution is 5.68. The number of hydrogen-bond acceptors (Lipinski definition) is 3. The Hall–Kier alpha value is -1.55. The maximum absolute atomic E-state index is 9.70. The van der Waals surface area contributed by atoms with Crippen LogP contribution < -0.4 is 11.3 Å². The molecule has 0 fully saturated rings. The molecule has 0 saturated heterocycles. The normalized spacial score (nSPS) is 8.86. The number of anilines is 1. The van der Waals surface area contributed by atoms with Gasteiger partial charge in [-0.25, -0.2) is 0 Å². The van der Waals surface area contributed by atoms with E-state index in [2.05, 4.69) is 5.43 Å². The molecule has 0 atom stereocenters. The molecule has 0 aromatic heterocycles. The number of benzene rings is 1. The molecule has 0 aliphatic carbocycles. The minimum atomic E-state index is -0.741. The van der Waals surface area contributed by atoms with E-state index in [9.17, 15) is 4.79 Å². The largest absolute Gasteiger partial charge is 0.481 e. The topological polar surface area (TPSA) is 75.3 Å². The van der Waals surface area contributed by atoms with Crippen molar-refractivity contribution in [1.82, 2.24) is 0 Å². The second-order valence-electron chi connectivity index (χ2n) is 3.00. The molecule has 0 aliphatic rings. The van der Waals surface area contributed by atoms with Gasteiger partial charge in [0, 0.05) is 5.69 Å². The molecule has 4 N–H and O–H groups in total. The van der Waals surface area contributed by atoms with Crippen LogP contribution in [0.3, 0.4) is 0 Å². The lowest BCUT2D eigenvalue weighted by Crippen LogP contribution is -2.05. The maximum Gasteiger partial charge on any atom is 0.305 e. The zero-order chi connectivity index (χ0) is 11.0. The van der Waals surface area contributed by atoms with E-state index in [0.717, 1.165) is 5.69 Å². The minimum absolute atomic E-state index is 0.231. The molecule has 1 aromatic rings. The number of nitrogens with two attached hydrogens (primary N) is 1. The van der Waals surface area contributed by atoms with Crippen LogP contribution in [0.15, 0.2) is 30.3 Å². The van der Waals surface area contributed by atoms with Crippen molar-refractivity contribution in [3.05, 3.63) is 30.3 Å². The number of hydrogen-bond donors (Lipinski definition) is 3. The number of aliphatic carboxylic acids is 1. The SMILES string of the molecule is CC(C)C(=O)O.NNc1ccccc1. The van der Waals surface area contributed by atoms with Gasteiger partial charge in [-0.1, -0.05) is 32.0 Å². The van der Waals surface area contributed by atoms with Gasteiger partial charge in [0.2, 0.25) is 0 Å². The number of carbonyl (C=O) groups is 1. The number of hydrazine groups is 1. The van der Waals surface area contributed by atoms with E-state index in [1.54, 1.807) is 13.8 Å². The molecule has 4 nitrogen and oxygen atoms in total. The molecule has 1 aromatic carbocycles. The number of carboxylic acids is 1. The van der Waals surface area contributed by atoms with Gasteiger partial charge in [-0.05, 0) is 12.1 Å². The van der Waals surface area contributed by atoms with Gasteiger partial charge in [0.05, 0.1) is 5.92 Å². The molecular weight excluding hydrogens is 180 g/mol. The fraction of sp³-hybridized carbons (Fsp3) is 0.300. The highest BCUT2D eigenvalue weighted by Gasteiger charge is 1.99. The van der Waals surface area contributed by atoms with Crippen molar-refractivity contribution in [2.45, 2.75) is 13.8 Å². The fourth-order valence-corrected chi connectivity index (χ4v) is 0.534. The molecule has 1 rings (SSSR count). The molecule has 4 heteroatoms. The Morgan fingerprint density at radius 3 is 2.00 bits per heavy atom. The van der Waals surface area contributed by atoms with Gasteiger partial charge >= 0.3 is 5.97 Å². The van der Waals surface area contributed by atoms with Crippen molar-refractivity contribution in [3.8, 4) is 0 Å². The molecule has 0 saturated carbocycles. The lowest BCUT2D eigenvalue weighted by Gasteiger charge is -1.94. The molecule has 0 heterocycles. The van der Waals surface area contributed by atoms with E-state index < -0.39 is 5.97 Å². The minimum Gasteiger partial charge on any atom is -0.481 e. The van der Waals surface area contributed by atoms with Crippen LogP contribution in [-0.4, -0.2) is 11.1 Å². The lowest BCUT2D eigenvalue weighted by molar-refractivity contribution is -0.140. The summed E-state index contributed by atoms with van der Waals surface area (Å²) in [6.07, 6.45) is 0. The molecular formula is C10H16N2O2. The fourth-order valence-electron chi connectivity index (χ4n) is 0.534. The summed E-state index contributed by atoms with van der Waals surface area (Å²) >= 11 is 0. The second kappa shape index (κ2) is 6.91. The van der Waals surface area contributed by atoms with Crippen LogP contribution in [0.25, 0.3) is 0 Å². The van der Waals surface area contributed by atoms with Crippen molar-refractivity contribution in [2.24, 2.45) is 11.8 Å².